The minimum atomic E-state index is -1.11. The van der Waals surface area contributed by atoms with E-state index in [4.69, 9.17) is 15.6 Å². The van der Waals surface area contributed by atoms with Gasteiger partial charge in [0, 0.05) is 28.8 Å². The molecule has 184 valence electrons. The van der Waals surface area contributed by atoms with Crippen molar-refractivity contribution in [2.45, 2.75) is 37.5 Å². The fourth-order valence-electron chi connectivity index (χ4n) is 3.19. The molecular weight excluding hydrogens is 472 g/mol. The highest BCUT2D eigenvalue weighted by Crippen LogP contribution is 2.21. The van der Waals surface area contributed by atoms with Crippen LogP contribution in [0.15, 0.2) is 53.6 Å². The van der Waals surface area contributed by atoms with Crippen LogP contribution in [-0.2, 0) is 22.1 Å². The van der Waals surface area contributed by atoms with Crippen molar-refractivity contribution in [1.82, 2.24) is 15.3 Å². The minimum absolute atomic E-state index is 0.00127. The van der Waals surface area contributed by atoms with E-state index >= 15 is 0 Å². The molecule has 0 bridgehead atoms. The van der Waals surface area contributed by atoms with Crippen LogP contribution < -0.4 is 5.32 Å². The molecule has 1 unspecified atom stereocenters. The van der Waals surface area contributed by atoms with E-state index < -0.39 is 35.1 Å². The first-order chi connectivity index (χ1) is 16.7. The Labute approximate surface area is 205 Å². The van der Waals surface area contributed by atoms with Crippen molar-refractivity contribution in [1.29, 1.82) is 10.8 Å². The van der Waals surface area contributed by atoms with Crippen molar-refractivity contribution in [3.63, 3.8) is 0 Å². The molecule has 3 aromatic rings. The molecule has 3 rings (SSSR count). The second-order valence-corrected chi connectivity index (χ2v) is 10.0. The number of aryl methyl sites for hydroxylation is 1. The second kappa shape index (κ2) is 11.9. The van der Waals surface area contributed by atoms with Crippen LogP contribution in [0.4, 0.5) is 8.78 Å². The number of hydrogen-bond donors (Lipinski definition) is 3. The second-order valence-electron chi connectivity index (χ2n) is 8.00. The molecule has 0 radical (unpaired) electrons. The Hall–Kier alpha value is -3.37. The van der Waals surface area contributed by atoms with Crippen molar-refractivity contribution >= 4 is 22.6 Å². The van der Waals surface area contributed by atoms with E-state index in [1.165, 1.54) is 12.1 Å². The molecule has 0 spiro atoms. The molecule has 1 aromatic heterocycles. The van der Waals surface area contributed by atoms with Crippen LogP contribution >= 0.6 is 0 Å². The Morgan fingerprint density at radius 2 is 1.86 bits per heavy atom. The number of nitrogens with one attached hydrogen (secondary N) is 3. The highest BCUT2D eigenvalue weighted by Gasteiger charge is 2.18. The van der Waals surface area contributed by atoms with E-state index in [1.807, 2.05) is 13.8 Å². The summed E-state index contributed by atoms with van der Waals surface area (Å²) in [5, 5.41) is 19.3. The number of hydrogen-bond acceptors (Lipinski definition) is 7. The number of halogens is 2. The molecular formula is C25H27F2N5O2S. The largest absolute Gasteiger partial charge is 0.419 e. The fraction of sp³-hybridized carbons (Fsp3) is 0.280. The van der Waals surface area contributed by atoms with Crippen LogP contribution in [0.3, 0.4) is 0 Å². The molecule has 0 aliphatic heterocycles. The zero-order valence-electron chi connectivity index (χ0n) is 19.7. The third-order valence-electron chi connectivity index (χ3n) is 5.06. The van der Waals surface area contributed by atoms with Gasteiger partial charge in [0.25, 0.3) is 0 Å². The first-order valence-electron chi connectivity index (χ1n) is 11.0. The van der Waals surface area contributed by atoms with E-state index in [0.717, 1.165) is 0 Å². The Morgan fingerprint density at radius 1 is 1.14 bits per heavy atom. The van der Waals surface area contributed by atoms with Gasteiger partial charge in [0.15, 0.2) is 0 Å². The van der Waals surface area contributed by atoms with Gasteiger partial charge in [0.05, 0.1) is 33.9 Å². The zero-order chi connectivity index (χ0) is 25.5. The first kappa shape index (κ1) is 26.2. The number of ether oxygens (including phenoxy) is 1. The van der Waals surface area contributed by atoms with Gasteiger partial charge in [-0.15, -0.1) is 0 Å². The SMILES string of the molecule is Cc1ncc(-c2ccc(S(=O)C(C)C)cc2)nc1C(=N)OC(=N)c1ccc(CNCCF)cc1F. The zero-order valence-corrected chi connectivity index (χ0v) is 20.5. The topological polar surface area (TPSA) is 112 Å². The molecule has 3 N–H and O–H groups in total. The smallest absolute Gasteiger partial charge is 0.241 e. The summed E-state index contributed by atoms with van der Waals surface area (Å²) < 4.78 is 44.3. The van der Waals surface area contributed by atoms with Gasteiger partial charge in [-0.3, -0.25) is 20.0 Å². The molecule has 0 amide bonds. The van der Waals surface area contributed by atoms with E-state index in [1.54, 1.807) is 43.5 Å². The number of alkyl halides is 1. The maximum Gasteiger partial charge on any atom is 0.241 e. The Kier molecular flexibility index (Phi) is 8.89. The molecule has 1 heterocycles. The molecule has 0 saturated heterocycles. The summed E-state index contributed by atoms with van der Waals surface area (Å²) in [6.45, 7) is 5.37. The maximum absolute atomic E-state index is 14.5. The van der Waals surface area contributed by atoms with Crippen LogP contribution in [0.25, 0.3) is 11.3 Å². The van der Waals surface area contributed by atoms with Crippen molar-refractivity contribution < 1.29 is 17.7 Å². The van der Waals surface area contributed by atoms with Crippen molar-refractivity contribution in [3.05, 3.63) is 77.0 Å². The van der Waals surface area contributed by atoms with E-state index in [9.17, 15) is 13.0 Å². The van der Waals surface area contributed by atoms with Crippen molar-refractivity contribution in [2.24, 2.45) is 0 Å². The van der Waals surface area contributed by atoms with E-state index in [-0.39, 0.29) is 23.1 Å². The van der Waals surface area contributed by atoms with Gasteiger partial charge in [0.2, 0.25) is 11.8 Å². The molecule has 1 atom stereocenters. The first-order valence-corrected chi connectivity index (χ1v) is 12.2. The van der Waals surface area contributed by atoms with Gasteiger partial charge in [-0.05, 0) is 36.8 Å². The van der Waals surface area contributed by atoms with Gasteiger partial charge >= 0.3 is 0 Å². The average molecular weight is 500 g/mol. The lowest BCUT2D eigenvalue weighted by Crippen LogP contribution is -2.18. The van der Waals surface area contributed by atoms with Crippen LogP contribution in [0.2, 0.25) is 0 Å². The predicted octanol–water partition coefficient (Wildman–Crippen LogP) is 4.53. The third kappa shape index (κ3) is 6.61. The lowest BCUT2D eigenvalue weighted by Gasteiger charge is -2.12. The number of aromatic nitrogens is 2. The summed E-state index contributed by atoms with van der Waals surface area (Å²) in [5.74, 6) is -1.66. The molecule has 0 saturated carbocycles. The predicted molar refractivity (Wildman–Crippen MR) is 133 cm³/mol. The van der Waals surface area contributed by atoms with Crippen LogP contribution in [0.1, 0.15) is 36.4 Å². The van der Waals surface area contributed by atoms with Crippen LogP contribution in [-0.4, -0.2) is 44.4 Å². The summed E-state index contributed by atoms with van der Waals surface area (Å²) in [5.41, 5.74) is 2.21. The molecule has 35 heavy (non-hydrogen) atoms. The maximum atomic E-state index is 14.5. The Balaban J connectivity index is 1.76. The normalized spacial score (nSPS) is 11.9. The summed E-state index contributed by atoms with van der Waals surface area (Å²) in [6, 6.07) is 11.3. The molecule has 0 aliphatic rings. The highest BCUT2D eigenvalue weighted by molar-refractivity contribution is 7.85. The number of benzene rings is 2. The summed E-state index contributed by atoms with van der Waals surface area (Å²) in [6.07, 6.45) is 1.56. The minimum Gasteiger partial charge on any atom is -0.419 e. The molecule has 0 fully saturated rings. The summed E-state index contributed by atoms with van der Waals surface area (Å²) >= 11 is 0. The number of rotatable bonds is 9. The van der Waals surface area contributed by atoms with Crippen molar-refractivity contribution in [2.75, 3.05) is 13.2 Å². The molecule has 0 aliphatic carbocycles. The fourth-order valence-corrected chi connectivity index (χ4v) is 4.14. The highest BCUT2D eigenvalue weighted by atomic mass is 32.2. The average Bonchev–Trinajstić information content (AvgIpc) is 2.84. The molecule has 7 nitrogen and oxygen atoms in total. The summed E-state index contributed by atoms with van der Waals surface area (Å²) in [7, 11) is -1.11. The van der Waals surface area contributed by atoms with E-state index in [2.05, 4.69) is 15.3 Å². The quantitative estimate of drug-likeness (QED) is 0.227. The lowest BCUT2D eigenvalue weighted by atomic mass is 10.1. The van der Waals surface area contributed by atoms with Crippen LogP contribution in [0.5, 0.6) is 0 Å². The Morgan fingerprint density at radius 3 is 2.49 bits per heavy atom. The Bertz CT molecular complexity index is 1250. The lowest BCUT2D eigenvalue weighted by molar-refractivity contribution is 0.466. The van der Waals surface area contributed by atoms with Crippen LogP contribution in [0, 0.1) is 23.6 Å². The molecule has 10 heteroatoms. The van der Waals surface area contributed by atoms with Gasteiger partial charge in [-0.1, -0.05) is 32.0 Å². The number of nitrogens with zero attached hydrogens (tertiary/aromatic N) is 2. The van der Waals surface area contributed by atoms with Gasteiger partial charge in [-0.25, -0.2) is 13.8 Å². The van der Waals surface area contributed by atoms with Gasteiger partial charge in [0.1, 0.15) is 18.2 Å². The monoisotopic (exact) mass is 499 g/mol. The third-order valence-corrected chi connectivity index (χ3v) is 6.66. The van der Waals surface area contributed by atoms with E-state index in [0.29, 0.717) is 34.0 Å². The van der Waals surface area contributed by atoms with Gasteiger partial charge < -0.3 is 10.1 Å². The van der Waals surface area contributed by atoms with Crippen molar-refractivity contribution in [3.8, 4) is 11.3 Å². The standard InChI is InChI=1S/C25H27F2N5O2S/c1-15(2)35(33)19-7-5-18(6-8-19)22-14-31-16(3)23(32-22)25(29)34-24(28)20-9-4-17(12-21(20)27)13-30-11-10-26/h4-9,12,14-15,28-30H,10-11,13H2,1-3H3. The summed E-state index contributed by atoms with van der Waals surface area (Å²) in [4.78, 5) is 9.45. The van der Waals surface area contributed by atoms with Gasteiger partial charge in [-0.2, -0.15) is 0 Å². The molecule has 2 aromatic carbocycles.